The first kappa shape index (κ1) is 14.0. The molecule has 5 heteroatoms. The summed E-state index contributed by atoms with van der Waals surface area (Å²) in [6.07, 6.45) is 0. The Balaban J connectivity index is 1.48. The first-order valence-electron chi connectivity index (χ1n) is 6.86. The molecule has 106 valence electrons. The molecule has 1 saturated heterocycles. The monoisotopic (exact) mass is 307 g/mol. The van der Waals surface area contributed by atoms with Gasteiger partial charge in [0.05, 0.1) is 11.2 Å². The SMILES string of the molecule is Clc1cccc(CN2CCN(Cc3cscn3)CC2)c1. The normalized spacial score (nSPS) is 17.4. The van der Waals surface area contributed by atoms with Crippen LogP contribution in [-0.4, -0.2) is 41.0 Å². The van der Waals surface area contributed by atoms with Crippen LogP contribution in [0.15, 0.2) is 35.2 Å². The van der Waals surface area contributed by atoms with Crippen molar-refractivity contribution in [2.45, 2.75) is 13.1 Å². The van der Waals surface area contributed by atoms with Crippen molar-refractivity contribution in [2.24, 2.45) is 0 Å². The molecule has 20 heavy (non-hydrogen) atoms. The van der Waals surface area contributed by atoms with Gasteiger partial charge in [-0.25, -0.2) is 4.98 Å². The molecule has 0 amide bonds. The molecule has 1 fully saturated rings. The predicted molar refractivity (Wildman–Crippen MR) is 84.1 cm³/mol. The van der Waals surface area contributed by atoms with Gasteiger partial charge in [0.2, 0.25) is 0 Å². The van der Waals surface area contributed by atoms with Crippen molar-refractivity contribution in [3.63, 3.8) is 0 Å². The van der Waals surface area contributed by atoms with Crippen LogP contribution in [-0.2, 0) is 13.1 Å². The van der Waals surface area contributed by atoms with Gasteiger partial charge in [-0.2, -0.15) is 0 Å². The average molecular weight is 308 g/mol. The lowest BCUT2D eigenvalue weighted by atomic mass is 10.2. The summed E-state index contributed by atoms with van der Waals surface area (Å²) in [5.74, 6) is 0. The summed E-state index contributed by atoms with van der Waals surface area (Å²) in [4.78, 5) is 9.32. The van der Waals surface area contributed by atoms with Crippen molar-refractivity contribution < 1.29 is 0 Å². The van der Waals surface area contributed by atoms with Crippen molar-refractivity contribution >= 4 is 22.9 Å². The number of piperazine rings is 1. The van der Waals surface area contributed by atoms with Crippen molar-refractivity contribution in [1.82, 2.24) is 14.8 Å². The lowest BCUT2D eigenvalue weighted by molar-refractivity contribution is 0.121. The number of aromatic nitrogens is 1. The van der Waals surface area contributed by atoms with E-state index in [9.17, 15) is 0 Å². The summed E-state index contributed by atoms with van der Waals surface area (Å²) in [5, 5.41) is 2.96. The van der Waals surface area contributed by atoms with Crippen molar-refractivity contribution in [1.29, 1.82) is 0 Å². The Morgan fingerprint density at radius 3 is 2.50 bits per heavy atom. The minimum Gasteiger partial charge on any atom is -0.297 e. The standard InChI is InChI=1S/C15H18ClN3S/c16-14-3-1-2-13(8-14)9-18-4-6-19(7-5-18)10-15-11-20-12-17-15/h1-3,8,11-12H,4-7,9-10H2. The van der Waals surface area contributed by atoms with Crippen LogP contribution in [0.5, 0.6) is 0 Å². The molecule has 0 atom stereocenters. The fraction of sp³-hybridized carbons (Fsp3) is 0.400. The van der Waals surface area contributed by atoms with E-state index >= 15 is 0 Å². The third kappa shape index (κ3) is 3.79. The van der Waals surface area contributed by atoms with Crippen LogP contribution in [0.1, 0.15) is 11.3 Å². The highest BCUT2D eigenvalue weighted by Gasteiger charge is 2.17. The van der Waals surface area contributed by atoms with E-state index in [0.717, 1.165) is 44.3 Å². The Morgan fingerprint density at radius 1 is 1.10 bits per heavy atom. The van der Waals surface area contributed by atoms with E-state index in [1.165, 1.54) is 11.3 Å². The molecule has 3 rings (SSSR count). The van der Waals surface area contributed by atoms with Gasteiger partial charge in [-0.05, 0) is 17.7 Å². The molecule has 2 heterocycles. The number of nitrogens with zero attached hydrogens (tertiary/aromatic N) is 3. The molecule has 1 aliphatic rings. The van der Waals surface area contributed by atoms with Crippen molar-refractivity contribution in [2.75, 3.05) is 26.2 Å². The average Bonchev–Trinajstić information content (AvgIpc) is 2.94. The number of hydrogen-bond donors (Lipinski definition) is 0. The molecule has 0 aliphatic carbocycles. The first-order chi connectivity index (χ1) is 9.79. The van der Waals surface area contributed by atoms with Crippen LogP contribution in [0.25, 0.3) is 0 Å². The van der Waals surface area contributed by atoms with Gasteiger partial charge < -0.3 is 0 Å². The maximum atomic E-state index is 6.03. The van der Waals surface area contributed by atoms with Gasteiger partial charge in [-0.3, -0.25) is 9.80 Å². The number of halogens is 1. The lowest BCUT2D eigenvalue weighted by Crippen LogP contribution is -2.45. The maximum absolute atomic E-state index is 6.03. The van der Waals surface area contributed by atoms with Crippen LogP contribution < -0.4 is 0 Å². The van der Waals surface area contributed by atoms with E-state index in [-0.39, 0.29) is 0 Å². The molecule has 2 aromatic rings. The van der Waals surface area contributed by atoms with E-state index in [2.05, 4.69) is 32.3 Å². The second-order valence-corrected chi connectivity index (χ2v) is 6.32. The zero-order valence-electron chi connectivity index (χ0n) is 11.3. The van der Waals surface area contributed by atoms with E-state index < -0.39 is 0 Å². The minimum absolute atomic E-state index is 0.824. The van der Waals surface area contributed by atoms with Gasteiger partial charge in [0.25, 0.3) is 0 Å². The first-order valence-corrected chi connectivity index (χ1v) is 8.18. The molecular weight excluding hydrogens is 290 g/mol. The minimum atomic E-state index is 0.824. The van der Waals surface area contributed by atoms with Gasteiger partial charge in [-0.15, -0.1) is 11.3 Å². The van der Waals surface area contributed by atoms with Crippen molar-refractivity contribution in [3.8, 4) is 0 Å². The Kier molecular flexibility index (Phi) is 4.68. The molecule has 1 aliphatic heterocycles. The molecule has 0 spiro atoms. The second-order valence-electron chi connectivity index (χ2n) is 5.16. The highest BCUT2D eigenvalue weighted by atomic mass is 35.5. The van der Waals surface area contributed by atoms with E-state index in [4.69, 9.17) is 11.6 Å². The third-order valence-electron chi connectivity index (χ3n) is 3.63. The third-order valence-corrected chi connectivity index (χ3v) is 4.50. The molecule has 0 bridgehead atoms. The van der Waals surface area contributed by atoms with Gasteiger partial charge in [0.1, 0.15) is 0 Å². The number of hydrogen-bond acceptors (Lipinski definition) is 4. The highest BCUT2D eigenvalue weighted by Crippen LogP contribution is 2.15. The molecule has 0 saturated carbocycles. The molecule has 0 unspecified atom stereocenters. The highest BCUT2D eigenvalue weighted by molar-refractivity contribution is 7.07. The molecule has 0 N–H and O–H groups in total. The van der Waals surface area contributed by atoms with Crippen LogP contribution in [0.2, 0.25) is 5.02 Å². The smallest absolute Gasteiger partial charge is 0.0795 e. The molecule has 1 aromatic heterocycles. The van der Waals surface area contributed by atoms with Gasteiger partial charge >= 0.3 is 0 Å². The number of rotatable bonds is 4. The Hall–Kier alpha value is -0.940. The number of thiazole rings is 1. The molecular formula is C15H18ClN3S. The van der Waals surface area contributed by atoms with Gasteiger partial charge in [0, 0.05) is 49.7 Å². The zero-order chi connectivity index (χ0) is 13.8. The maximum Gasteiger partial charge on any atom is 0.0795 e. The summed E-state index contributed by atoms with van der Waals surface area (Å²) in [5.41, 5.74) is 4.40. The van der Waals surface area contributed by atoms with E-state index in [0.29, 0.717) is 0 Å². The quantitative estimate of drug-likeness (QED) is 0.865. The van der Waals surface area contributed by atoms with Gasteiger partial charge in [-0.1, -0.05) is 23.7 Å². The summed E-state index contributed by atoms with van der Waals surface area (Å²) >= 11 is 7.70. The summed E-state index contributed by atoms with van der Waals surface area (Å²) in [6, 6.07) is 8.16. The lowest BCUT2D eigenvalue weighted by Gasteiger charge is -2.34. The second kappa shape index (κ2) is 6.68. The Labute approximate surface area is 128 Å². The molecule has 3 nitrogen and oxygen atoms in total. The fourth-order valence-electron chi connectivity index (χ4n) is 2.54. The Morgan fingerprint density at radius 2 is 1.85 bits per heavy atom. The predicted octanol–water partition coefficient (Wildman–Crippen LogP) is 3.11. The summed E-state index contributed by atoms with van der Waals surface area (Å²) < 4.78 is 0. The van der Waals surface area contributed by atoms with Gasteiger partial charge in [0.15, 0.2) is 0 Å². The van der Waals surface area contributed by atoms with Crippen LogP contribution in [0.4, 0.5) is 0 Å². The number of benzene rings is 1. The van der Waals surface area contributed by atoms with E-state index in [1.54, 1.807) is 11.3 Å². The van der Waals surface area contributed by atoms with Crippen LogP contribution in [0.3, 0.4) is 0 Å². The van der Waals surface area contributed by atoms with Crippen LogP contribution >= 0.6 is 22.9 Å². The summed E-state index contributed by atoms with van der Waals surface area (Å²) in [6.45, 7) is 6.41. The largest absolute Gasteiger partial charge is 0.297 e. The van der Waals surface area contributed by atoms with Crippen LogP contribution in [0, 0.1) is 0 Å². The molecule has 0 radical (unpaired) electrons. The summed E-state index contributed by atoms with van der Waals surface area (Å²) in [7, 11) is 0. The Bertz CT molecular complexity index is 536. The van der Waals surface area contributed by atoms with Crippen molar-refractivity contribution in [3.05, 3.63) is 51.4 Å². The fourth-order valence-corrected chi connectivity index (χ4v) is 3.31. The molecule has 1 aromatic carbocycles. The van der Waals surface area contributed by atoms with E-state index in [1.807, 2.05) is 17.6 Å². The zero-order valence-corrected chi connectivity index (χ0v) is 12.9. The topological polar surface area (TPSA) is 19.4 Å².